The second kappa shape index (κ2) is 7.95. The van der Waals surface area contributed by atoms with E-state index in [1.807, 2.05) is 55.5 Å². The number of aromatic nitrogens is 1. The molecule has 0 saturated carbocycles. The molecule has 2 saturated heterocycles. The molecule has 0 radical (unpaired) electrons. The molecule has 152 valence electrons. The summed E-state index contributed by atoms with van der Waals surface area (Å²) in [6.07, 6.45) is 2.02. The second-order valence-electron chi connectivity index (χ2n) is 8.11. The Balaban J connectivity index is 1.40. The van der Waals surface area contributed by atoms with Gasteiger partial charge in [0.1, 0.15) is 5.54 Å². The molecule has 1 aromatic carbocycles. The fourth-order valence-corrected chi connectivity index (χ4v) is 4.48. The molecule has 6 heteroatoms. The van der Waals surface area contributed by atoms with Crippen LogP contribution in [0.4, 0.5) is 4.79 Å². The molecule has 0 unspecified atom stereocenters. The van der Waals surface area contributed by atoms with Gasteiger partial charge in [-0.25, -0.2) is 4.79 Å². The topological polar surface area (TPSA) is 56.8 Å². The molecule has 2 aliphatic heterocycles. The summed E-state index contributed by atoms with van der Waals surface area (Å²) in [6.45, 7) is 4.78. The lowest BCUT2D eigenvalue weighted by Gasteiger charge is -2.40. The number of benzene rings is 1. The molecule has 2 fully saturated rings. The zero-order valence-corrected chi connectivity index (χ0v) is 17.2. The van der Waals surface area contributed by atoms with Gasteiger partial charge >= 0.3 is 6.03 Å². The molecule has 4 rings (SSSR count). The molecule has 0 atom stereocenters. The van der Waals surface area contributed by atoms with Gasteiger partial charge in [0.25, 0.3) is 5.91 Å². The van der Waals surface area contributed by atoms with Gasteiger partial charge in [0, 0.05) is 38.9 Å². The lowest BCUT2D eigenvalue weighted by molar-refractivity contribution is -0.135. The Hall–Kier alpha value is -2.73. The number of aryl methyl sites for hydroxylation is 1. The first-order valence-corrected chi connectivity index (χ1v) is 10.3. The average Bonchev–Trinajstić information content (AvgIpc) is 2.90. The Morgan fingerprint density at radius 2 is 1.72 bits per heavy atom. The first-order valence-electron chi connectivity index (χ1n) is 10.3. The Bertz CT molecular complexity index is 891. The molecular formula is C23H28N4O2. The van der Waals surface area contributed by atoms with Gasteiger partial charge in [-0.1, -0.05) is 36.4 Å². The SMILES string of the molecule is Cc1cccc(CN2CCC3(CC2)C(=O)N(CCc2ccccc2)C(=O)N3C)n1. The number of piperidine rings is 1. The van der Waals surface area contributed by atoms with Gasteiger partial charge in [0.05, 0.1) is 5.69 Å². The molecule has 3 amide bonds. The Morgan fingerprint density at radius 1 is 1.00 bits per heavy atom. The lowest BCUT2D eigenvalue weighted by atomic mass is 9.86. The minimum atomic E-state index is -0.690. The first-order chi connectivity index (χ1) is 14.0. The van der Waals surface area contributed by atoms with Crippen molar-refractivity contribution >= 4 is 11.9 Å². The summed E-state index contributed by atoms with van der Waals surface area (Å²) in [5.74, 6) is -0.0331. The van der Waals surface area contributed by atoms with Crippen LogP contribution >= 0.6 is 0 Å². The molecule has 6 nitrogen and oxygen atoms in total. The number of hydrogen-bond acceptors (Lipinski definition) is 4. The fourth-order valence-electron chi connectivity index (χ4n) is 4.48. The minimum Gasteiger partial charge on any atom is -0.312 e. The zero-order chi connectivity index (χ0) is 20.4. The smallest absolute Gasteiger partial charge is 0.312 e. The highest BCUT2D eigenvalue weighted by Crippen LogP contribution is 2.36. The molecule has 2 aliphatic rings. The van der Waals surface area contributed by atoms with E-state index >= 15 is 0 Å². The van der Waals surface area contributed by atoms with E-state index in [2.05, 4.69) is 9.88 Å². The van der Waals surface area contributed by atoms with Gasteiger partial charge in [-0.2, -0.15) is 0 Å². The number of likely N-dealkylation sites (N-methyl/N-ethyl adjacent to an activating group) is 1. The van der Waals surface area contributed by atoms with Crippen molar-refractivity contribution in [3.8, 4) is 0 Å². The standard InChI is InChI=1S/C23H28N4O2/c1-18-7-6-10-20(24-18)17-26-15-12-23(13-16-26)21(28)27(22(29)25(23)2)14-11-19-8-4-3-5-9-19/h3-10H,11-17H2,1-2H3. The van der Waals surface area contributed by atoms with Crippen LogP contribution in [0.3, 0.4) is 0 Å². The van der Waals surface area contributed by atoms with E-state index in [1.54, 1.807) is 11.9 Å². The second-order valence-corrected chi connectivity index (χ2v) is 8.11. The van der Waals surface area contributed by atoms with E-state index in [9.17, 15) is 9.59 Å². The van der Waals surface area contributed by atoms with E-state index in [1.165, 1.54) is 4.90 Å². The van der Waals surface area contributed by atoms with E-state index in [4.69, 9.17) is 0 Å². The monoisotopic (exact) mass is 392 g/mol. The van der Waals surface area contributed by atoms with Gasteiger partial charge in [0.2, 0.25) is 0 Å². The number of carbonyl (C=O) groups excluding carboxylic acids is 2. The summed E-state index contributed by atoms with van der Waals surface area (Å²) < 4.78 is 0. The average molecular weight is 393 g/mol. The van der Waals surface area contributed by atoms with Crippen LogP contribution in [0, 0.1) is 6.92 Å². The zero-order valence-electron chi connectivity index (χ0n) is 17.2. The molecule has 29 heavy (non-hydrogen) atoms. The van der Waals surface area contributed by atoms with Crippen molar-refractivity contribution in [1.29, 1.82) is 0 Å². The van der Waals surface area contributed by atoms with Crippen LogP contribution in [0.15, 0.2) is 48.5 Å². The summed E-state index contributed by atoms with van der Waals surface area (Å²) in [7, 11) is 1.78. The Morgan fingerprint density at radius 3 is 2.41 bits per heavy atom. The van der Waals surface area contributed by atoms with Crippen LogP contribution < -0.4 is 0 Å². The maximum Gasteiger partial charge on any atom is 0.327 e. The van der Waals surface area contributed by atoms with Crippen LogP contribution in [-0.2, 0) is 17.8 Å². The predicted octanol–water partition coefficient (Wildman–Crippen LogP) is 2.86. The quantitative estimate of drug-likeness (QED) is 0.735. The fraction of sp³-hybridized carbons (Fsp3) is 0.435. The van der Waals surface area contributed by atoms with E-state index in [0.717, 1.165) is 36.6 Å². The number of carbonyl (C=O) groups is 2. The highest BCUT2D eigenvalue weighted by molar-refractivity contribution is 6.07. The molecule has 3 heterocycles. The minimum absolute atomic E-state index is 0.0331. The number of urea groups is 1. The van der Waals surface area contributed by atoms with Gasteiger partial charge in [0.15, 0.2) is 0 Å². The van der Waals surface area contributed by atoms with Crippen molar-refractivity contribution in [2.45, 2.75) is 38.3 Å². The van der Waals surface area contributed by atoms with Crippen LogP contribution in [0.1, 0.15) is 29.8 Å². The summed E-state index contributed by atoms with van der Waals surface area (Å²) in [4.78, 5) is 36.1. The molecule has 0 bridgehead atoms. The largest absolute Gasteiger partial charge is 0.327 e. The predicted molar refractivity (Wildman–Crippen MR) is 111 cm³/mol. The molecule has 0 N–H and O–H groups in total. The van der Waals surface area contributed by atoms with Crippen molar-refractivity contribution in [3.63, 3.8) is 0 Å². The van der Waals surface area contributed by atoms with Gasteiger partial charge in [-0.3, -0.25) is 19.6 Å². The normalized spacial score (nSPS) is 19.4. The summed E-state index contributed by atoms with van der Waals surface area (Å²) >= 11 is 0. The Labute approximate surface area is 172 Å². The van der Waals surface area contributed by atoms with Gasteiger partial charge in [-0.15, -0.1) is 0 Å². The van der Waals surface area contributed by atoms with Crippen molar-refractivity contribution in [3.05, 3.63) is 65.5 Å². The lowest BCUT2D eigenvalue weighted by Crippen LogP contribution is -2.55. The number of nitrogens with zero attached hydrogens (tertiary/aromatic N) is 4. The third kappa shape index (κ3) is 3.77. The molecule has 0 aliphatic carbocycles. The van der Waals surface area contributed by atoms with Crippen LogP contribution in [0.5, 0.6) is 0 Å². The summed E-state index contributed by atoms with van der Waals surface area (Å²) in [5, 5.41) is 0. The van der Waals surface area contributed by atoms with Crippen molar-refractivity contribution in [2.24, 2.45) is 0 Å². The molecule has 1 spiro atoms. The van der Waals surface area contributed by atoms with Crippen molar-refractivity contribution < 1.29 is 9.59 Å². The van der Waals surface area contributed by atoms with Crippen molar-refractivity contribution in [1.82, 2.24) is 19.7 Å². The van der Waals surface area contributed by atoms with Crippen LogP contribution in [0.2, 0.25) is 0 Å². The van der Waals surface area contributed by atoms with Gasteiger partial charge < -0.3 is 4.90 Å². The van der Waals surface area contributed by atoms with E-state index in [0.29, 0.717) is 25.8 Å². The third-order valence-corrected chi connectivity index (χ3v) is 6.28. The molecule has 1 aromatic heterocycles. The molecular weight excluding hydrogens is 364 g/mol. The van der Waals surface area contributed by atoms with E-state index < -0.39 is 5.54 Å². The highest BCUT2D eigenvalue weighted by atomic mass is 16.2. The third-order valence-electron chi connectivity index (χ3n) is 6.28. The highest BCUT2D eigenvalue weighted by Gasteiger charge is 2.56. The summed E-state index contributed by atoms with van der Waals surface area (Å²) in [5.41, 5.74) is 2.51. The van der Waals surface area contributed by atoms with Gasteiger partial charge in [-0.05, 0) is 43.9 Å². The number of imide groups is 1. The van der Waals surface area contributed by atoms with Crippen molar-refractivity contribution in [2.75, 3.05) is 26.7 Å². The van der Waals surface area contributed by atoms with Crippen LogP contribution in [-0.4, -0.2) is 63.8 Å². The molecule has 2 aromatic rings. The summed E-state index contributed by atoms with van der Waals surface area (Å²) in [6, 6.07) is 15.9. The first kappa shape index (κ1) is 19.6. The van der Waals surface area contributed by atoms with E-state index in [-0.39, 0.29) is 11.9 Å². The Kier molecular flexibility index (Phi) is 5.37. The number of likely N-dealkylation sites (tertiary alicyclic amines) is 1. The number of rotatable bonds is 5. The maximum absolute atomic E-state index is 13.3. The number of pyridine rings is 1. The number of amides is 3. The number of hydrogen-bond donors (Lipinski definition) is 0. The maximum atomic E-state index is 13.3. The van der Waals surface area contributed by atoms with Crippen LogP contribution in [0.25, 0.3) is 0 Å².